The number of nitrogens with one attached hydrogen (secondary N) is 1. The predicted octanol–water partition coefficient (Wildman–Crippen LogP) is 3.88. The van der Waals surface area contributed by atoms with Gasteiger partial charge in [-0.25, -0.2) is 0 Å². The Labute approximate surface area is 160 Å². The molecule has 1 heterocycles. The van der Waals surface area contributed by atoms with Crippen molar-refractivity contribution >= 4 is 17.2 Å². The van der Waals surface area contributed by atoms with E-state index >= 15 is 0 Å². The fourth-order valence-corrected chi connectivity index (χ4v) is 3.22. The molecule has 0 aliphatic carbocycles. The molecule has 1 N–H and O–H groups in total. The van der Waals surface area contributed by atoms with Crippen molar-refractivity contribution in [3.63, 3.8) is 0 Å². The minimum absolute atomic E-state index is 0.0308. The highest BCUT2D eigenvalue weighted by Gasteiger charge is 2.05. The van der Waals surface area contributed by atoms with Crippen LogP contribution in [0.1, 0.15) is 25.0 Å². The molecule has 1 amide bonds. The van der Waals surface area contributed by atoms with E-state index in [9.17, 15) is 4.79 Å². The lowest BCUT2D eigenvalue weighted by Gasteiger charge is -2.19. The third kappa shape index (κ3) is 7.42. The van der Waals surface area contributed by atoms with Crippen molar-refractivity contribution in [3.8, 4) is 5.75 Å². The van der Waals surface area contributed by atoms with E-state index in [2.05, 4.69) is 41.4 Å². The topological polar surface area (TPSA) is 41.6 Å². The van der Waals surface area contributed by atoms with Crippen LogP contribution in [0, 0.1) is 0 Å². The lowest BCUT2D eigenvalue weighted by molar-refractivity contribution is -0.120. The molecule has 0 fully saturated rings. The Bertz CT molecular complexity index is 683. The van der Waals surface area contributed by atoms with Gasteiger partial charge in [0.1, 0.15) is 12.4 Å². The molecule has 0 atom stereocenters. The minimum atomic E-state index is 0.0308. The van der Waals surface area contributed by atoms with Gasteiger partial charge in [-0.3, -0.25) is 9.69 Å². The highest BCUT2D eigenvalue weighted by Crippen LogP contribution is 2.15. The summed E-state index contributed by atoms with van der Waals surface area (Å²) in [6.45, 7) is 8.05. The second-order valence-corrected chi connectivity index (χ2v) is 6.83. The molecule has 0 aliphatic rings. The number of allylic oxidation sites excluding steroid dienone is 1. The Morgan fingerprint density at radius 3 is 2.92 bits per heavy atom. The number of hydrogen-bond donors (Lipinski definition) is 1. The monoisotopic (exact) mass is 372 g/mol. The number of carbonyl (C=O) groups is 1. The number of hydrogen-bond acceptors (Lipinski definition) is 4. The van der Waals surface area contributed by atoms with Crippen LogP contribution in [0.5, 0.6) is 5.75 Å². The number of carbonyl (C=O) groups excluding carboxylic acids is 1. The van der Waals surface area contributed by atoms with Gasteiger partial charge in [0.05, 0.1) is 13.0 Å². The first-order valence-corrected chi connectivity index (χ1v) is 9.98. The van der Waals surface area contributed by atoms with E-state index in [1.165, 1.54) is 5.56 Å². The van der Waals surface area contributed by atoms with Crippen molar-refractivity contribution in [3.05, 3.63) is 64.4 Å². The normalized spacial score (nSPS) is 11.2. The molecule has 0 spiro atoms. The first-order chi connectivity index (χ1) is 12.7. The molecule has 0 radical (unpaired) electrons. The number of rotatable bonds is 11. The third-order valence-corrected chi connectivity index (χ3v) is 4.72. The maximum absolute atomic E-state index is 11.8. The van der Waals surface area contributed by atoms with Gasteiger partial charge in [0.25, 0.3) is 0 Å². The van der Waals surface area contributed by atoms with Gasteiger partial charge in [0.2, 0.25) is 5.91 Å². The number of thiophene rings is 1. The lowest BCUT2D eigenvalue weighted by Crippen LogP contribution is -2.29. The number of benzene rings is 1. The average Bonchev–Trinajstić information content (AvgIpc) is 3.15. The lowest BCUT2D eigenvalue weighted by atomic mass is 10.2. The number of amides is 1. The fraction of sp³-hybridized carbons (Fsp3) is 0.381. The molecular weight excluding hydrogens is 344 g/mol. The largest absolute Gasteiger partial charge is 0.492 e. The quantitative estimate of drug-likeness (QED) is 0.481. The van der Waals surface area contributed by atoms with E-state index in [4.69, 9.17) is 4.74 Å². The van der Waals surface area contributed by atoms with Crippen LogP contribution in [-0.4, -0.2) is 37.0 Å². The fourth-order valence-electron chi connectivity index (χ4n) is 2.55. The summed E-state index contributed by atoms with van der Waals surface area (Å²) in [6.07, 6.45) is 4.68. The Balaban J connectivity index is 1.73. The summed E-state index contributed by atoms with van der Waals surface area (Å²) in [5.41, 5.74) is 2.29. The molecule has 4 nitrogen and oxygen atoms in total. The molecule has 0 bridgehead atoms. The molecule has 1 aromatic heterocycles. The number of likely N-dealkylation sites (N-methyl/N-ethyl adjacent to an activating group) is 1. The zero-order valence-corrected chi connectivity index (χ0v) is 16.4. The summed E-state index contributed by atoms with van der Waals surface area (Å²) in [4.78, 5) is 14.2. The minimum Gasteiger partial charge on any atom is -0.492 e. The second-order valence-electron chi connectivity index (χ2n) is 6.05. The smallest absolute Gasteiger partial charge is 0.224 e. The molecule has 140 valence electrons. The SMILES string of the molecule is C/C=C/CN(CC)Cc1cccc(OCCNC(=O)Cc2ccsc2)c1. The Morgan fingerprint density at radius 2 is 2.19 bits per heavy atom. The van der Waals surface area contributed by atoms with Gasteiger partial charge in [-0.05, 0) is 53.6 Å². The molecule has 2 aromatic rings. The van der Waals surface area contributed by atoms with E-state index in [1.54, 1.807) is 11.3 Å². The summed E-state index contributed by atoms with van der Waals surface area (Å²) >= 11 is 1.61. The number of nitrogens with zero attached hydrogens (tertiary/aromatic N) is 1. The van der Waals surface area contributed by atoms with Crippen molar-refractivity contribution < 1.29 is 9.53 Å². The van der Waals surface area contributed by atoms with Crippen LogP contribution in [0.2, 0.25) is 0 Å². The van der Waals surface area contributed by atoms with Crippen LogP contribution in [0.4, 0.5) is 0 Å². The third-order valence-electron chi connectivity index (χ3n) is 3.99. The molecule has 1 aromatic carbocycles. The summed E-state index contributed by atoms with van der Waals surface area (Å²) in [5.74, 6) is 0.875. The van der Waals surface area contributed by atoms with Crippen molar-refractivity contribution in [2.75, 3.05) is 26.2 Å². The standard InChI is InChI=1S/C21H28N2O2S/c1-3-5-11-23(4-2)16-18-7-6-8-20(14-18)25-12-10-22-21(24)15-19-9-13-26-17-19/h3,5-9,13-14,17H,4,10-12,15-16H2,1-2H3,(H,22,24)/b5-3+. The van der Waals surface area contributed by atoms with Crippen LogP contribution in [-0.2, 0) is 17.8 Å². The number of ether oxygens (including phenoxy) is 1. The van der Waals surface area contributed by atoms with Gasteiger partial charge < -0.3 is 10.1 Å². The van der Waals surface area contributed by atoms with Crippen molar-refractivity contribution in [1.29, 1.82) is 0 Å². The molecular formula is C21H28N2O2S. The van der Waals surface area contributed by atoms with Crippen LogP contribution in [0.15, 0.2) is 53.2 Å². The van der Waals surface area contributed by atoms with E-state index in [-0.39, 0.29) is 5.91 Å². The van der Waals surface area contributed by atoms with Gasteiger partial charge in [-0.15, -0.1) is 0 Å². The van der Waals surface area contributed by atoms with Gasteiger partial charge in [0.15, 0.2) is 0 Å². The molecule has 26 heavy (non-hydrogen) atoms. The first-order valence-electron chi connectivity index (χ1n) is 9.04. The van der Waals surface area contributed by atoms with Crippen LogP contribution < -0.4 is 10.1 Å². The second kappa shape index (κ2) is 11.5. The van der Waals surface area contributed by atoms with E-state index in [0.29, 0.717) is 19.6 Å². The Hall–Kier alpha value is -2.11. The molecule has 5 heteroatoms. The zero-order valence-electron chi connectivity index (χ0n) is 15.6. The molecule has 2 rings (SSSR count). The Morgan fingerprint density at radius 1 is 1.31 bits per heavy atom. The molecule has 0 unspecified atom stereocenters. The van der Waals surface area contributed by atoms with Gasteiger partial charge in [0, 0.05) is 13.1 Å². The van der Waals surface area contributed by atoms with E-state index in [1.807, 2.05) is 35.9 Å². The summed E-state index contributed by atoms with van der Waals surface area (Å²) in [6, 6.07) is 10.1. The average molecular weight is 373 g/mol. The van der Waals surface area contributed by atoms with Gasteiger partial charge in [-0.1, -0.05) is 31.2 Å². The van der Waals surface area contributed by atoms with Gasteiger partial charge in [-0.2, -0.15) is 11.3 Å². The summed E-state index contributed by atoms with van der Waals surface area (Å²) in [7, 11) is 0. The zero-order chi connectivity index (χ0) is 18.6. The van der Waals surface area contributed by atoms with Crippen molar-refractivity contribution in [2.45, 2.75) is 26.8 Å². The van der Waals surface area contributed by atoms with E-state index < -0.39 is 0 Å². The van der Waals surface area contributed by atoms with Crippen LogP contribution in [0.25, 0.3) is 0 Å². The molecule has 0 saturated heterocycles. The summed E-state index contributed by atoms with van der Waals surface area (Å²) < 4.78 is 5.78. The predicted molar refractivity (Wildman–Crippen MR) is 109 cm³/mol. The Kier molecular flexibility index (Phi) is 8.93. The highest BCUT2D eigenvalue weighted by molar-refractivity contribution is 7.08. The maximum Gasteiger partial charge on any atom is 0.224 e. The van der Waals surface area contributed by atoms with Crippen LogP contribution in [0.3, 0.4) is 0 Å². The summed E-state index contributed by atoms with van der Waals surface area (Å²) in [5, 5.41) is 6.88. The maximum atomic E-state index is 11.8. The van der Waals surface area contributed by atoms with E-state index in [0.717, 1.165) is 30.9 Å². The molecule has 0 saturated carbocycles. The molecule has 0 aliphatic heterocycles. The van der Waals surface area contributed by atoms with Gasteiger partial charge >= 0.3 is 0 Å². The highest BCUT2D eigenvalue weighted by atomic mass is 32.1. The van der Waals surface area contributed by atoms with Crippen molar-refractivity contribution in [2.24, 2.45) is 0 Å². The van der Waals surface area contributed by atoms with Crippen LogP contribution >= 0.6 is 11.3 Å². The first kappa shape index (κ1) is 20.2. The van der Waals surface area contributed by atoms with Crippen molar-refractivity contribution in [1.82, 2.24) is 10.2 Å².